The normalized spacial score (nSPS) is 26.7. The van der Waals surface area contributed by atoms with E-state index in [0.29, 0.717) is 6.04 Å². The van der Waals surface area contributed by atoms with Crippen LogP contribution in [-0.2, 0) is 4.79 Å². The first-order valence-corrected chi connectivity index (χ1v) is 5.91. The summed E-state index contributed by atoms with van der Waals surface area (Å²) in [6, 6.07) is 0.615. The van der Waals surface area contributed by atoms with Gasteiger partial charge in [0.25, 0.3) is 0 Å². The minimum absolute atomic E-state index is 0.112. The Morgan fingerprint density at radius 2 is 2.07 bits per heavy atom. The van der Waals surface area contributed by atoms with E-state index in [1.807, 2.05) is 13.8 Å². The highest BCUT2D eigenvalue weighted by molar-refractivity contribution is 5.81. The number of rotatable bonds is 4. The predicted octanol–water partition coefficient (Wildman–Crippen LogP) is 1.54. The number of hydrogen-bond acceptors (Lipinski definition) is 2. The Morgan fingerprint density at radius 1 is 1.40 bits per heavy atom. The van der Waals surface area contributed by atoms with Crippen LogP contribution in [0.2, 0.25) is 0 Å². The van der Waals surface area contributed by atoms with Gasteiger partial charge in [-0.25, -0.2) is 0 Å². The molecule has 1 amide bonds. The second kappa shape index (κ2) is 4.97. The Hall–Kier alpha value is -0.570. The van der Waals surface area contributed by atoms with Gasteiger partial charge < -0.3 is 10.6 Å². The average molecular weight is 212 g/mol. The van der Waals surface area contributed by atoms with E-state index in [1.54, 1.807) is 7.05 Å². The van der Waals surface area contributed by atoms with Crippen LogP contribution >= 0.6 is 0 Å². The number of nitrogens with one attached hydrogen (secondary N) is 2. The van der Waals surface area contributed by atoms with Crippen molar-refractivity contribution in [2.75, 3.05) is 13.6 Å². The summed E-state index contributed by atoms with van der Waals surface area (Å²) in [7, 11) is 1.70. The molecule has 1 rings (SSSR count). The minimum Gasteiger partial charge on any atom is -0.359 e. The number of amides is 1. The molecule has 3 nitrogen and oxygen atoms in total. The second-order valence-electron chi connectivity index (χ2n) is 5.46. The van der Waals surface area contributed by atoms with E-state index in [1.165, 1.54) is 19.3 Å². The molecule has 15 heavy (non-hydrogen) atoms. The Balaban J connectivity index is 2.32. The van der Waals surface area contributed by atoms with Gasteiger partial charge in [0.1, 0.15) is 0 Å². The smallest absolute Gasteiger partial charge is 0.226 e. The van der Waals surface area contributed by atoms with Gasteiger partial charge in [0.2, 0.25) is 5.91 Å². The van der Waals surface area contributed by atoms with Crippen molar-refractivity contribution >= 4 is 5.91 Å². The molecule has 0 aromatic heterocycles. The van der Waals surface area contributed by atoms with Crippen molar-refractivity contribution in [3.8, 4) is 0 Å². The summed E-state index contributed by atoms with van der Waals surface area (Å²) < 4.78 is 0. The van der Waals surface area contributed by atoms with Crippen molar-refractivity contribution in [3.63, 3.8) is 0 Å². The van der Waals surface area contributed by atoms with Crippen LogP contribution in [0.1, 0.15) is 40.0 Å². The SMILES string of the molecule is CNC(=O)C(C)(C)CNC1CCC(C)C1. The lowest BCUT2D eigenvalue weighted by molar-refractivity contribution is -0.128. The monoisotopic (exact) mass is 212 g/mol. The van der Waals surface area contributed by atoms with E-state index < -0.39 is 0 Å². The minimum atomic E-state index is -0.305. The van der Waals surface area contributed by atoms with E-state index in [-0.39, 0.29) is 11.3 Å². The molecule has 2 N–H and O–H groups in total. The zero-order valence-electron chi connectivity index (χ0n) is 10.4. The molecule has 1 aliphatic carbocycles. The third kappa shape index (κ3) is 3.49. The highest BCUT2D eigenvalue weighted by atomic mass is 16.2. The molecule has 0 spiro atoms. The summed E-state index contributed by atoms with van der Waals surface area (Å²) in [5.74, 6) is 0.951. The molecular weight excluding hydrogens is 188 g/mol. The summed E-state index contributed by atoms with van der Waals surface area (Å²) in [5.41, 5.74) is -0.305. The number of carbonyl (C=O) groups excluding carboxylic acids is 1. The van der Waals surface area contributed by atoms with Crippen LogP contribution < -0.4 is 10.6 Å². The lowest BCUT2D eigenvalue weighted by atomic mass is 9.92. The van der Waals surface area contributed by atoms with Gasteiger partial charge >= 0.3 is 0 Å². The van der Waals surface area contributed by atoms with Crippen molar-refractivity contribution in [3.05, 3.63) is 0 Å². The molecule has 88 valence electrons. The van der Waals surface area contributed by atoms with Gasteiger partial charge in [0, 0.05) is 19.6 Å². The summed E-state index contributed by atoms with van der Waals surface area (Å²) in [6.45, 7) is 7.03. The third-order valence-corrected chi connectivity index (χ3v) is 3.37. The molecule has 0 aliphatic heterocycles. The van der Waals surface area contributed by atoms with Gasteiger partial charge in [-0.3, -0.25) is 4.79 Å². The van der Waals surface area contributed by atoms with Gasteiger partial charge in [0.15, 0.2) is 0 Å². The molecule has 0 radical (unpaired) electrons. The van der Waals surface area contributed by atoms with E-state index >= 15 is 0 Å². The van der Waals surface area contributed by atoms with Gasteiger partial charge in [0.05, 0.1) is 5.41 Å². The summed E-state index contributed by atoms with van der Waals surface area (Å²) in [6.07, 6.45) is 3.83. The van der Waals surface area contributed by atoms with E-state index in [2.05, 4.69) is 17.6 Å². The quantitative estimate of drug-likeness (QED) is 0.742. The molecule has 1 fully saturated rings. The fourth-order valence-corrected chi connectivity index (χ4v) is 2.21. The largest absolute Gasteiger partial charge is 0.359 e. The maximum Gasteiger partial charge on any atom is 0.226 e. The van der Waals surface area contributed by atoms with Crippen LogP contribution in [0.5, 0.6) is 0 Å². The van der Waals surface area contributed by atoms with Crippen LogP contribution in [0.4, 0.5) is 0 Å². The van der Waals surface area contributed by atoms with Crippen LogP contribution in [0.25, 0.3) is 0 Å². The maximum absolute atomic E-state index is 11.6. The predicted molar refractivity (Wildman–Crippen MR) is 62.7 cm³/mol. The molecule has 0 heterocycles. The van der Waals surface area contributed by atoms with E-state index in [9.17, 15) is 4.79 Å². The van der Waals surface area contributed by atoms with Crippen LogP contribution in [0.15, 0.2) is 0 Å². The highest BCUT2D eigenvalue weighted by Crippen LogP contribution is 2.25. The van der Waals surface area contributed by atoms with Crippen LogP contribution in [-0.4, -0.2) is 25.5 Å². The van der Waals surface area contributed by atoms with Crippen molar-refractivity contribution in [2.45, 2.75) is 46.1 Å². The van der Waals surface area contributed by atoms with E-state index in [0.717, 1.165) is 12.5 Å². The Kier molecular flexibility index (Phi) is 4.14. The Bertz CT molecular complexity index is 226. The molecule has 2 unspecified atom stereocenters. The molecule has 0 aromatic rings. The summed E-state index contributed by atoms with van der Waals surface area (Å²) in [4.78, 5) is 11.6. The van der Waals surface area contributed by atoms with Crippen molar-refractivity contribution in [1.82, 2.24) is 10.6 Å². The average Bonchev–Trinajstić information content (AvgIpc) is 2.60. The zero-order valence-corrected chi connectivity index (χ0v) is 10.4. The molecule has 0 saturated heterocycles. The zero-order chi connectivity index (χ0) is 11.5. The van der Waals surface area contributed by atoms with Crippen LogP contribution in [0.3, 0.4) is 0 Å². The molecular formula is C12H24N2O. The molecule has 0 aromatic carbocycles. The van der Waals surface area contributed by atoms with Crippen molar-refractivity contribution in [2.24, 2.45) is 11.3 Å². The fourth-order valence-electron chi connectivity index (χ4n) is 2.21. The standard InChI is InChI=1S/C12H24N2O/c1-9-5-6-10(7-9)14-8-12(2,3)11(15)13-4/h9-10,14H,5-8H2,1-4H3,(H,13,15). The number of carbonyl (C=O) groups is 1. The fraction of sp³-hybridized carbons (Fsp3) is 0.917. The lowest BCUT2D eigenvalue weighted by Gasteiger charge is -2.25. The summed E-state index contributed by atoms with van der Waals surface area (Å²) in [5, 5.41) is 6.22. The Morgan fingerprint density at radius 3 is 2.53 bits per heavy atom. The first kappa shape index (κ1) is 12.5. The molecule has 1 saturated carbocycles. The highest BCUT2D eigenvalue weighted by Gasteiger charge is 2.29. The molecule has 3 heteroatoms. The van der Waals surface area contributed by atoms with Crippen molar-refractivity contribution in [1.29, 1.82) is 0 Å². The molecule has 2 atom stereocenters. The van der Waals surface area contributed by atoms with Crippen molar-refractivity contribution < 1.29 is 4.79 Å². The second-order valence-corrected chi connectivity index (χ2v) is 5.46. The number of hydrogen-bond donors (Lipinski definition) is 2. The van der Waals surface area contributed by atoms with Gasteiger partial charge in [-0.1, -0.05) is 6.92 Å². The van der Waals surface area contributed by atoms with Gasteiger partial charge in [-0.2, -0.15) is 0 Å². The maximum atomic E-state index is 11.6. The summed E-state index contributed by atoms with van der Waals surface area (Å²) >= 11 is 0. The topological polar surface area (TPSA) is 41.1 Å². The molecule has 0 bridgehead atoms. The molecule has 1 aliphatic rings. The van der Waals surface area contributed by atoms with Gasteiger partial charge in [-0.05, 0) is 39.0 Å². The van der Waals surface area contributed by atoms with E-state index in [4.69, 9.17) is 0 Å². The lowest BCUT2D eigenvalue weighted by Crippen LogP contribution is -2.44. The Labute approximate surface area is 93.0 Å². The van der Waals surface area contributed by atoms with Gasteiger partial charge in [-0.15, -0.1) is 0 Å². The first-order valence-electron chi connectivity index (χ1n) is 5.91. The first-order chi connectivity index (χ1) is 6.95. The third-order valence-electron chi connectivity index (χ3n) is 3.37. The van der Waals surface area contributed by atoms with Crippen LogP contribution in [0, 0.1) is 11.3 Å².